The van der Waals surface area contributed by atoms with E-state index in [2.05, 4.69) is 11.4 Å². The molecule has 0 saturated heterocycles. The number of carbonyl (C=O) groups excluding carboxylic acids is 2. The zero-order chi connectivity index (χ0) is 24.9. The number of hydrogen-bond acceptors (Lipinski definition) is 4. The van der Waals surface area contributed by atoms with Gasteiger partial charge in [0.05, 0.1) is 6.04 Å². The number of carbonyl (C=O) groups is 2. The van der Waals surface area contributed by atoms with Crippen molar-refractivity contribution >= 4 is 23.2 Å². The summed E-state index contributed by atoms with van der Waals surface area (Å²) in [5.41, 5.74) is 3.80. The number of thiophene rings is 1. The van der Waals surface area contributed by atoms with Gasteiger partial charge in [0.25, 0.3) is 5.91 Å². The van der Waals surface area contributed by atoms with Gasteiger partial charge in [0.15, 0.2) is 0 Å². The molecule has 2 aromatic carbocycles. The summed E-state index contributed by atoms with van der Waals surface area (Å²) >= 11 is 1.74. The van der Waals surface area contributed by atoms with E-state index in [0.29, 0.717) is 18.7 Å². The Bertz CT molecular complexity index is 1190. The molecule has 0 aliphatic carbocycles. The average Bonchev–Trinajstić information content (AvgIpc) is 3.35. The van der Waals surface area contributed by atoms with Gasteiger partial charge >= 0.3 is 0 Å². The van der Waals surface area contributed by atoms with Gasteiger partial charge in [-0.25, -0.2) is 0 Å². The maximum Gasteiger partial charge on any atom is 0.254 e. The summed E-state index contributed by atoms with van der Waals surface area (Å²) in [6, 6.07) is 17.4. The zero-order valence-electron chi connectivity index (χ0n) is 21.0. The number of rotatable bonds is 8. The molecule has 4 rings (SSSR count). The first-order chi connectivity index (χ1) is 16.9. The Labute approximate surface area is 212 Å². The van der Waals surface area contributed by atoms with Crippen molar-refractivity contribution in [3.63, 3.8) is 0 Å². The lowest BCUT2D eigenvalue weighted by molar-refractivity contribution is -0.136. The van der Waals surface area contributed by atoms with Crippen molar-refractivity contribution in [1.82, 2.24) is 9.80 Å². The van der Waals surface area contributed by atoms with E-state index in [1.54, 1.807) is 16.2 Å². The van der Waals surface area contributed by atoms with E-state index < -0.39 is 0 Å². The van der Waals surface area contributed by atoms with E-state index in [1.807, 2.05) is 81.1 Å². The Hall–Kier alpha value is -3.12. The van der Waals surface area contributed by atoms with Crippen molar-refractivity contribution in [2.45, 2.75) is 52.6 Å². The summed E-state index contributed by atoms with van der Waals surface area (Å²) < 4.78 is 6.22. The molecule has 184 valence electrons. The maximum atomic E-state index is 13.7. The standard InChI is InChI=1S/C29H34N2O3S/c1-5-22(4)31(29(33)23-12-8-6-10-20(23)2)18-28(32)30-16-14-27-24(15-17-35-27)25(30)19-34-26-13-9-7-11-21(26)3/h6-13,15,17,22,25H,5,14,16,18-19H2,1-4H3/t22-,25+/m1/s1. The van der Waals surface area contributed by atoms with E-state index >= 15 is 0 Å². The Balaban J connectivity index is 1.57. The zero-order valence-corrected chi connectivity index (χ0v) is 21.8. The fraction of sp³-hybridized carbons (Fsp3) is 0.379. The SMILES string of the molecule is CC[C@@H](C)N(CC(=O)N1CCc2sccc2[C@@H]1COc1ccccc1C)C(=O)c1ccccc1C. The number of para-hydroxylation sites is 1. The van der Waals surface area contributed by atoms with Gasteiger partial charge in [-0.1, -0.05) is 43.3 Å². The van der Waals surface area contributed by atoms with E-state index in [9.17, 15) is 9.59 Å². The van der Waals surface area contributed by atoms with Crippen molar-refractivity contribution in [3.8, 4) is 5.75 Å². The highest BCUT2D eigenvalue weighted by molar-refractivity contribution is 7.10. The predicted molar refractivity (Wildman–Crippen MR) is 141 cm³/mol. The van der Waals surface area contributed by atoms with E-state index in [0.717, 1.165) is 35.3 Å². The Morgan fingerprint density at radius 2 is 1.80 bits per heavy atom. The second-order valence-electron chi connectivity index (χ2n) is 9.23. The fourth-order valence-electron chi connectivity index (χ4n) is 4.61. The summed E-state index contributed by atoms with van der Waals surface area (Å²) in [4.78, 5) is 32.2. The molecule has 2 heterocycles. The highest BCUT2D eigenvalue weighted by Crippen LogP contribution is 2.34. The van der Waals surface area contributed by atoms with Crippen LogP contribution in [-0.2, 0) is 11.2 Å². The molecule has 0 saturated carbocycles. The number of hydrogen-bond donors (Lipinski definition) is 0. The third-order valence-electron chi connectivity index (χ3n) is 6.97. The van der Waals surface area contributed by atoms with Crippen LogP contribution >= 0.6 is 11.3 Å². The van der Waals surface area contributed by atoms with Gasteiger partial charge < -0.3 is 14.5 Å². The molecule has 1 aliphatic rings. The Kier molecular flexibility index (Phi) is 7.91. The summed E-state index contributed by atoms with van der Waals surface area (Å²) in [7, 11) is 0. The first-order valence-corrected chi connectivity index (χ1v) is 13.2. The molecule has 5 nitrogen and oxygen atoms in total. The van der Waals surface area contributed by atoms with Gasteiger partial charge in [0.2, 0.25) is 5.91 Å². The molecule has 0 spiro atoms. The summed E-state index contributed by atoms with van der Waals surface area (Å²) in [6.07, 6.45) is 1.61. The first kappa shape index (κ1) is 25.0. The second kappa shape index (κ2) is 11.1. The lowest BCUT2D eigenvalue weighted by atomic mass is 10.00. The van der Waals surface area contributed by atoms with Crippen LogP contribution in [0.5, 0.6) is 5.75 Å². The van der Waals surface area contributed by atoms with Crippen LogP contribution in [0.25, 0.3) is 0 Å². The topological polar surface area (TPSA) is 49.9 Å². The highest BCUT2D eigenvalue weighted by atomic mass is 32.1. The van der Waals surface area contributed by atoms with Crippen molar-refractivity contribution in [1.29, 1.82) is 0 Å². The largest absolute Gasteiger partial charge is 0.491 e. The summed E-state index contributed by atoms with van der Waals surface area (Å²) in [5.74, 6) is 0.701. The van der Waals surface area contributed by atoms with Gasteiger partial charge in [-0.2, -0.15) is 0 Å². The number of fused-ring (bicyclic) bond motifs is 1. The molecule has 0 fully saturated rings. The predicted octanol–water partition coefficient (Wildman–Crippen LogP) is 5.81. The minimum atomic E-state index is -0.176. The molecular weight excluding hydrogens is 456 g/mol. The van der Waals surface area contributed by atoms with Crippen LogP contribution in [0.1, 0.15) is 58.2 Å². The van der Waals surface area contributed by atoms with Gasteiger partial charge in [-0.15, -0.1) is 11.3 Å². The maximum absolute atomic E-state index is 13.7. The molecule has 35 heavy (non-hydrogen) atoms. The average molecular weight is 491 g/mol. The van der Waals surface area contributed by atoms with Crippen LogP contribution in [0.2, 0.25) is 0 Å². The highest BCUT2D eigenvalue weighted by Gasteiger charge is 2.34. The van der Waals surface area contributed by atoms with Crippen LogP contribution in [0.15, 0.2) is 60.0 Å². The van der Waals surface area contributed by atoms with Gasteiger partial charge in [-0.3, -0.25) is 9.59 Å². The number of nitrogens with zero attached hydrogens (tertiary/aromatic N) is 2. The Morgan fingerprint density at radius 1 is 1.09 bits per heavy atom. The van der Waals surface area contributed by atoms with Crippen molar-refractivity contribution in [2.75, 3.05) is 19.7 Å². The number of aryl methyl sites for hydroxylation is 2. The monoisotopic (exact) mass is 490 g/mol. The number of amides is 2. The molecule has 3 aromatic rings. The second-order valence-corrected chi connectivity index (χ2v) is 10.2. The van der Waals surface area contributed by atoms with Crippen LogP contribution in [-0.4, -0.2) is 47.4 Å². The van der Waals surface area contributed by atoms with Gasteiger partial charge in [0.1, 0.15) is 18.9 Å². The molecule has 1 aromatic heterocycles. The smallest absolute Gasteiger partial charge is 0.254 e. The van der Waals surface area contributed by atoms with E-state index in [4.69, 9.17) is 4.74 Å². The number of ether oxygens (including phenoxy) is 1. The normalized spacial score (nSPS) is 15.9. The molecular formula is C29H34N2O3S. The van der Waals surface area contributed by atoms with E-state index in [-0.39, 0.29) is 30.4 Å². The van der Waals surface area contributed by atoms with Crippen LogP contribution in [0, 0.1) is 13.8 Å². The molecule has 2 atom stereocenters. The van der Waals surface area contributed by atoms with Gasteiger partial charge in [0, 0.05) is 23.0 Å². The van der Waals surface area contributed by atoms with Crippen molar-refractivity contribution in [2.24, 2.45) is 0 Å². The van der Waals surface area contributed by atoms with Crippen molar-refractivity contribution < 1.29 is 14.3 Å². The van der Waals surface area contributed by atoms with Crippen molar-refractivity contribution in [3.05, 3.63) is 87.1 Å². The van der Waals surface area contributed by atoms with E-state index in [1.165, 1.54) is 4.88 Å². The lowest BCUT2D eigenvalue weighted by Gasteiger charge is -2.38. The molecule has 1 aliphatic heterocycles. The minimum Gasteiger partial charge on any atom is -0.491 e. The summed E-state index contributed by atoms with van der Waals surface area (Å²) in [5, 5.41) is 2.09. The Morgan fingerprint density at radius 3 is 2.51 bits per heavy atom. The lowest BCUT2D eigenvalue weighted by Crippen LogP contribution is -2.50. The fourth-order valence-corrected chi connectivity index (χ4v) is 5.54. The molecule has 0 radical (unpaired) electrons. The van der Waals surface area contributed by atoms with Crippen LogP contribution in [0.4, 0.5) is 0 Å². The number of benzene rings is 2. The quantitative estimate of drug-likeness (QED) is 0.400. The molecule has 0 bridgehead atoms. The molecule has 6 heteroatoms. The first-order valence-electron chi connectivity index (χ1n) is 12.3. The van der Waals surface area contributed by atoms with Gasteiger partial charge in [-0.05, 0) is 73.9 Å². The summed E-state index contributed by atoms with van der Waals surface area (Å²) in [6.45, 7) is 9.08. The van der Waals surface area contributed by atoms with Crippen LogP contribution < -0.4 is 4.74 Å². The molecule has 0 unspecified atom stereocenters. The third kappa shape index (κ3) is 5.43. The molecule has 2 amide bonds. The minimum absolute atomic E-state index is 0.0394. The van der Waals surface area contributed by atoms with Crippen LogP contribution in [0.3, 0.4) is 0 Å². The third-order valence-corrected chi connectivity index (χ3v) is 7.97. The molecule has 0 N–H and O–H groups in total.